The van der Waals surface area contributed by atoms with Crippen LogP contribution < -0.4 is 15.0 Å². The van der Waals surface area contributed by atoms with Gasteiger partial charge >= 0.3 is 12.4 Å². The first-order valence-electron chi connectivity index (χ1n) is 14.9. The number of benzene rings is 3. The second-order valence-corrected chi connectivity index (χ2v) is 12.4. The number of amidine groups is 1. The van der Waals surface area contributed by atoms with Crippen molar-refractivity contribution in [3.8, 4) is 22.8 Å². The number of halogens is 3. The summed E-state index contributed by atoms with van der Waals surface area (Å²) in [6.45, 7) is 7.35. The quantitative estimate of drug-likeness (QED) is 0.214. The van der Waals surface area contributed by atoms with Crippen molar-refractivity contribution in [1.82, 2.24) is 20.1 Å². The fraction of sp³-hybridized carbons (Fsp3) is 0.333. The van der Waals surface area contributed by atoms with E-state index in [-0.39, 0.29) is 23.7 Å². The summed E-state index contributed by atoms with van der Waals surface area (Å²) >= 11 is 1.61. The standard InChI is InChI=1S/C33H33F3N6O2S/c1-4-21-5-14-29(26(17-21)20(2)3)41-15-16-45-32(41)39-31(43)38-28-18-27(28)22-6-8-23(9-7-22)30-37-19-42(40-30)24-10-12-25(13-11-24)44-33(34,35)36/h5-14,17,19-20,27-28H,4,15-16,18H2,1-3H3,(H,38,43). The van der Waals surface area contributed by atoms with Gasteiger partial charge in [0.25, 0.3) is 0 Å². The first-order valence-corrected chi connectivity index (χ1v) is 15.9. The highest BCUT2D eigenvalue weighted by Crippen LogP contribution is 2.41. The molecule has 45 heavy (non-hydrogen) atoms. The molecule has 1 saturated carbocycles. The highest BCUT2D eigenvalue weighted by Gasteiger charge is 2.40. The molecule has 2 heterocycles. The van der Waals surface area contributed by atoms with Crippen molar-refractivity contribution in [3.05, 3.63) is 89.7 Å². The van der Waals surface area contributed by atoms with Crippen molar-refractivity contribution in [3.63, 3.8) is 0 Å². The van der Waals surface area contributed by atoms with Crippen LogP contribution in [0.4, 0.5) is 23.7 Å². The molecule has 0 spiro atoms. The monoisotopic (exact) mass is 634 g/mol. The number of nitrogens with zero attached hydrogens (tertiary/aromatic N) is 5. The molecule has 3 aromatic carbocycles. The maximum atomic E-state index is 12.9. The van der Waals surface area contributed by atoms with Gasteiger partial charge in [-0.05, 0) is 65.8 Å². The Bertz CT molecular complexity index is 1700. The molecule has 2 unspecified atom stereocenters. The number of hydrogen-bond donors (Lipinski definition) is 1. The predicted octanol–water partition coefficient (Wildman–Crippen LogP) is 7.69. The number of ether oxygens (including phenoxy) is 1. The van der Waals surface area contributed by atoms with Crippen molar-refractivity contribution in [2.45, 2.75) is 57.9 Å². The van der Waals surface area contributed by atoms with E-state index in [4.69, 9.17) is 0 Å². The number of alkyl halides is 3. The lowest BCUT2D eigenvalue weighted by atomic mass is 9.97. The van der Waals surface area contributed by atoms with Gasteiger partial charge < -0.3 is 15.0 Å². The van der Waals surface area contributed by atoms with Gasteiger partial charge in [0.15, 0.2) is 11.0 Å². The maximum Gasteiger partial charge on any atom is 0.573 e. The summed E-state index contributed by atoms with van der Waals surface area (Å²) in [5, 5.41) is 8.27. The molecule has 234 valence electrons. The number of aryl methyl sites for hydroxylation is 1. The minimum absolute atomic E-state index is 0.0178. The third-order valence-electron chi connectivity index (χ3n) is 7.91. The van der Waals surface area contributed by atoms with Crippen molar-refractivity contribution < 1.29 is 22.7 Å². The zero-order valence-electron chi connectivity index (χ0n) is 25.1. The number of nitrogens with one attached hydrogen (secondary N) is 1. The molecule has 8 nitrogen and oxygen atoms in total. The lowest BCUT2D eigenvalue weighted by Gasteiger charge is -2.24. The van der Waals surface area contributed by atoms with Crippen LogP contribution in [0.15, 0.2) is 78.0 Å². The number of hydrogen-bond acceptors (Lipinski definition) is 5. The van der Waals surface area contributed by atoms with Crippen molar-refractivity contribution in [2.24, 2.45) is 4.99 Å². The predicted molar refractivity (Wildman–Crippen MR) is 170 cm³/mol. The molecule has 0 bridgehead atoms. The maximum absolute atomic E-state index is 12.9. The lowest BCUT2D eigenvalue weighted by Crippen LogP contribution is -2.29. The number of aromatic nitrogens is 3. The zero-order chi connectivity index (χ0) is 31.7. The van der Waals surface area contributed by atoms with Gasteiger partial charge in [0.2, 0.25) is 0 Å². The van der Waals surface area contributed by atoms with E-state index in [9.17, 15) is 18.0 Å². The Morgan fingerprint density at radius 2 is 1.87 bits per heavy atom. The molecule has 2 amide bonds. The summed E-state index contributed by atoms with van der Waals surface area (Å²) in [4.78, 5) is 23.9. The van der Waals surface area contributed by atoms with E-state index in [2.05, 4.69) is 69.0 Å². The van der Waals surface area contributed by atoms with Crippen molar-refractivity contribution in [2.75, 3.05) is 17.2 Å². The van der Waals surface area contributed by atoms with E-state index in [0.29, 0.717) is 17.4 Å². The summed E-state index contributed by atoms with van der Waals surface area (Å²) < 4.78 is 42.7. The van der Waals surface area contributed by atoms with Crippen LogP contribution in [-0.2, 0) is 6.42 Å². The van der Waals surface area contributed by atoms with Crippen LogP contribution in [0.5, 0.6) is 5.75 Å². The SMILES string of the molecule is CCc1ccc(N2CCSC2=NC(=O)NC2CC2c2ccc(-c3ncn(-c4ccc(OC(F)(F)F)cc4)n3)cc2)c(C(C)C)c1. The second-order valence-electron chi connectivity index (χ2n) is 11.4. The Morgan fingerprint density at radius 1 is 1.11 bits per heavy atom. The van der Waals surface area contributed by atoms with Crippen LogP contribution in [0, 0.1) is 0 Å². The van der Waals surface area contributed by atoms with Crippen LogP contribution in [0.25, 0.3) is 17.1 Å². The van der Waals surface area contributed by atoms with Crippen molar-refractivity contribution >= 4 is 28.6 Å². The highest BCUT2D eigenvalue weighted by atomic mass is 32.2. The third-order valence-corrected chi connectivity index (χ3v) is 8.87. The Balaban J connectivity index is 1.06. The smallest absolute Gasteiger partial charge is 0.406 e. The number of carbonyl (C=O) groups is 1. The minimum Gasteiger partial charge on any atom is -0.406 e. The molecule has 4 aromatic rings. The number of amides is 2. The fourth-order valence-corrected chi connectivity index (χ4v) is 6.40. The highest BCUT2D eigenvalue weighted by molar-refractivity contribution is 8.14. The number of thioether (sulfide) groups is 1. The van der Waals surface area contributed by atoms with Gasteiger partial charge in [-0.3, -0.25) is 0 Å². The number of rotatable bonds is 8. The van der Waals surface area contributed by atoms with Gasteiger partial charge in [-0.1, -0.05) is 68.9 Å². The number of anilines is 1. The number of aliphatic imine (C=N–C) groups is 1. The molecule has 6 rings (SSSR count). The van der Waals surface area contributed by atoms with E-state index in [1.165, 1.54) is 46.4 Å². The Labute approximate surface area is 263 Å². The fourth-order valence-electron chi connectivity index (χ4n) is 5.45. The number of carbonyl (C=O) groups excluding carboxylic acids is 1. The molecule has 2 fully saturated rings. The average Bonchev–Trinajstić information content (AvgIpc) is 3.36. The Morgan fingerprint density at radius 3 is 2.56 bits per heavy atom. The summed E-state index contributed by atoms with van der Waals surface area (Å²) in [6.07, 6.45) is -1.42. The first-order chi connectivity index (χ1) is 21.6. The third kappa shape index (κ3) is 7.16. The topological polar surface area (TPSA) is 84.6 Å². The second kappa shape index (κ2) is 12.6. The van der Waals surface area contributed by atoms with E-state index in [1.54, 1.807) is 11.8 Å². The summed E-state index contributed by atoms with van der Waals surface area (Å²) in [5.74, 6) is 1.62. The molecule has 2 aliphatic rings. The van der Waals surface area contributed by atoms with Gasteiger partial charge in [-0.15, -0.1) is 18.3 Å². The molecule has 2 atom stereocenters. The zero-order valence-corrected chi connectivity index (χ0v) is 25.9. The summed E-state index contributed by atoms with van der Waals surface area (Å²) in [6, 6.07) is 19.5. The minimum atomic E-state index is -4.75. The van der Waals surface area contributed by atoms with Crippen LogP contribution in [0.3, 0.4) is 0 Å². The van der Waals surface area contributed by atoms with Gasteiger partial charge in [0, 0.05) is 35.5 Å². The van der Waals surface area contributed by atoms with Gasteiger partial charge in [0.1, 0.15) is 12.1 Å². The molecular weight excluding hydrogens is 601 g/mol. The Kier molecular flexibility index (Phi) is 8.59. The van der Waals surface area contributed by atoms with Gasteiger partial charge in [-0.25, -0.2) is 14.5 Å². The molecule has 1 aromatic heterocycles. The van der Waals surface area contributed by atoms with E-state index >= 15 is 0 Å². The Hall–Kier alpha value is -4.32. The molecule has 1 saturated heterocycles. The lowest BCUT2D eigenvalue weighted by molar-refractivity contribution is -0.274. The van der Waals surface area contributed by atoms with Gasteiger partial charge in [0.05, 0.1) is 5.69 Å². The van der Waals surface area contributed by atoms with Crippen LogP contribution in [0.1, 0.15) is 55.7 Å². The molecule has 0 radical (unpaired) electrons. The van der Waals surface area contributed by atoms with Crippen molar-refractivity contribution in [1.29, 1.82) is 0 Å². The average molecular weight is 635 g/mol. The number of urea groups is 1. The van der Waals surface area contributed by atoms with Crippen LogP contribution in [0.2, 0.25) is 0 Å². The summed E-state index contributed by atoms with van der Waals surface area (Å²) in [7, 11) is 0. The first kappa shape index (κ1) is 30.7. The molecule has 12 heteroatoms. The summed E-state index contributed by atoms with van der Waals surface area (Å²) in [5.41, 5.74) is 6.14. The molecule has 1 N–H and O–H groups in total. The normalized spacial score (nSPS) is 18.9. The largest absolute Gasteiger partial charge is 0.573 e. The van der Waals surface area contributed by atoms with E-state index < -0.39 is 6.36 Å². The molecule has 1 aliphatic carbocycles. The van der Waals surface area contributed by atoms with E-state index in [0.717, 1.165) is 47.1 Å². The van der Waals surface area contributed by atoms with Crippen LogP contribution in [-0.4, -0.2) is 50.7 Å². The van der Waals surface area contributed by atoms with Crippen LogP contribution >= 0.6 is 11.8 Å². The van der Waals surface area contributed by atoms with E-state index in [1.807, 2.05) is 24.3 Å². The van der Waals surface area contributed by atoms with Gasteiger partial charge in [-0.2, -0.15) is 4.99 Å². The molecule has 1 aliphatic heterocycles. The molecular formula is C33H33F3N6O2S.